The Kier molecular flexibility index (Phi) is 3.01. The first-order valence-corrected chi connectivity index (χ1v) is 6.97. The topological polar surface area (TPSA) is 58.6 Å². The maximum absolute atomic E-state index is 12.4. The standard InChI is InChI=1S/C16H18N2O3/c1-16(2,3)21-15(20)18-9-8-11-13(18)10-6-4-5-7-12(10)17-14(11)19/h4-8,13H,9H2,1-3H3,(H,17,19). The summed E-state index contributed by atoms with van der Waals surface area (Å²) in [6, 6.07) is 7.18. The van der Waals surface area contributed by atoms with Gasteiger partial charge in [-0.25, -0.2) is 4.79 Å². The van der Waals surface area contributed by atoms with Crippen molar-refractivity contribution in [1.82, 2.24) is 4.90 Å². The van der Waals surface area contributed by atoms with Crippen molar-refractivity contribution >= 4 is 17.7 Å². The number of carbonyl (C=O) groups excluding carboxylic acids is 2. The smallest absolute Gasteiger partial charge is 0.411 e. The minimum atomic E-state index is -0.559. The molecule has 1 atom stereocenters. The number of nitrogens with zero attached hydrogens (tertiary/aromatic N) is 1. The van der Waals surface area contributed by atoms with E-state index in [0.717, 1.165) is 11.3 Å². The van der Waals surface area contributed by atoms with Crippen molar-refractivity contribution in [2.45, 2.75) is 32.4 Å². The van der Waals surface area contributed by atoms with E-state index < -0.39 is 11.7 Å². The van der Waals surface area contributed by atoms with Gasteiger partial charge in [-0.05, 0) is 26.8 Å². The highest BCUT2D eigenvalue weighted by molar-refractivity contribution is 6.08. The third kappa shape index (κ3) is 2.39. The number of carbonyl (C=O) groups is 2. The average molecular weight is 286 g/mol. The summed E-state index contributed by atoms with van der Waals surface area (Å²) in [5.74, 6) is -0.148. The van der Waals surface area contributed by atoms with E-state index in [1.165, 1.54) is 0 Å². The minimum absolute atomic E-state index is 0.148. The van der Waals surface area contributed by atoms with E-state index >= 15 is 0 Å². The lowest BCUT2D eigenvalue weighted by Crippen LogP contribution is -2.40. The van der Waals surface area contributed by atoms with Crippen LogP contribution < -0.4 is 5.32 Å². The van der Waals surface area contributed by atoms with Crippen LogP contribution in [-0.4, -0.2) is 29.0 Å². The van der Waals surface area contributed by atoms with E-state index in [1.807, 2.05) is 45.0 Å². The molecule has 21 heavy (non-hydrogen) atoms. The zero-order valence-electron chi connectivity index (χ0n) is 12.3. The third-order valence-electron chi connectivity index (χ3n) is 3.51. The quantitative estimate of drug-likeness (QED) is 0.797. The highest BCUT2D eigenvalue weighted by Crippen LogP contribution is 2.41. The molecule has 5 nitrogen and oxygen atoms in total. The molecular weight excluding hydrogens is 268 g/mol. The van der Waals surface area contributed by atoms with Crippen molar-refractivity contribution in [3.63, 3.8) is 0 Å². The molecule has 2 aliphatic heterocycles. The molecule has 2 amide bonds. The van der Waals surface area contributed by atoms with Gasteiger partial charge in [0.1, 0.15) is 5.60 Å². The molecule has 5 heteroatoms. The van der Waals surface area contributed by atoms with Crippen LogP contribution in [0.25, 0.3) is 0 Å². The Morgan fingerprint density at radius 1 is 1.33 bits per heavy atom. The Morgan fingerprint density at radius 3 is 2.76 bits per heavy atom. The first-order valence-electron chi connectivity index (χ1n) is 6.97. The molecule has 0 bridgehead atoms. The van der Waals surface area contributed by atoms with E-state index in [9.17, 15) is 9.59 Å². The highest BCUT2D eigenvalue weighted by Gasteiger charge is 2.41. The summed E-state index contributed by atoms with van der Waals surface area (Å²) in [6.45, 7) is 5.88. The number of ether oxygens (including phenoxy) is 1. The van der Waals surface area contributed by atoms with Crippen molar-refractivity contribution in [2.75, 3.05) is 11.9 Å². The first-order chi connectivity index (χ1) is 9.87. The van der Waals surface area contributed by atoms with E-state index in [1.54, 1.807) is 11.0 Å². The lowest BCUT2D eigenvalue weighted by atomic mass is 9.94. The SMILES string of the molecule is CC(C)(C)OC(=O)N1CC=C2C(=O)Nc3ccccc3C21. The fourth-order valence-corrected chi connectivity index (χ4v) is 2.68. The Bertz CT molecular complexity index is 643. The molecule has 0 aliphatic carbocycles. The molecule has 0 spiro atoms. The average Bonchev–Trinajstić information content (AvgIpc) is 2.82. The molecule has 1 aromatic rings. The molecule has 2 heterocycles. The molecule has 0 aromatic heterocycles. The zero-order chi connectivity index (χ0) is 15.2. The molecule has 1 N–H and O–H groups in total. The van der Waals surface area contributed by atoms with Crippen LogP contribution in [0.3, 0.4) is 0 Å². The number of hydrogen-bond acceptors (Lipinski definition) is 3. The van der Waals surface area contributed by atoms with Crippen LogP contribution in [0.15, 0.2) is 35.9 Å². The van der Waals surface area contributed by atoms with Crippen LogP contribution in [-0.2, 0) is 9.53 Å². The molecule has 3 rings (SSSR count). The first kappa shape index (κ1) is 13.7. The highest BCUT2D eigenvalue weighted by atomic mass is 16.6. The molecule has 0 radical (unpaired) electrons. The van der Waals surface area contributed by atoms with Crippen LogP contribution in [0.1, 0.15) is 32.4 Å². The fraction of sp³-hybridized carbons (Fsp3) is 0.375. The van der Waals surface area contributed by atoms with E-state index in [-0.39, 0.29) is 11.9 Å². The summed E-state index contributed by atoms with van der Waals surface area (Å²) in [4.78, 5) is 26.1. The van der Waals surface area contributed by atoms with Gasteiger partial charge in [0.2, 0.25) is 0 Å². The van der Waals surface area contributed by atoms with E-state index in [2.05, 4.69) is 5.32 Å². The molecule has 110 valence electrons. The number of benzene rings is 1. The van der Waals surface area contributed by atoms with Gasteiger partial charge < -0.3 is 10.1 Å². The summed E-state index contributed by atoms with van der Waals surface area (Å²) >= 11 is 0. The summed E-state index contributed by atoms with van der Waals surface area (Å²) < 4.78 is 5.44. The van der Waals surface area contributed by atoms with Gasteiger partial charge in [0.05, 0.1) is 6.04 Å². The zero-order valence-corrected chi connectivity index (χ0v) is 12.3. The monoisotopic (exact) mass is 286 g/mol. The maximum atomic E-state index is 12.4. The molecule has 1 unspecified atom stereocenters. The van der Waals surface area contributed by atoms with Crippen molar-refractivity contribution in [2.24, 2.45) is 0 Å². The predicted octanol–water partition coefficient (Wildman–Crippen LogP) is 2.86. The van der Waals surface area contributed by atoms with Crippen LogP contribution in [0.5, 0.6) is 0 Å². The Morgan fingerprint density at radius 2 is 2.05 bits per heavy atom. The molecule has 1 aromatic carbocycles. The van der Waals surface area contributed by atoms with Gasteiger partial charge >= 0.3 is 6.09 Å². The van der Waals surface area contributed by atoms with Gasteiger partial charge in [-0.1, -0.05) is 24.3 Å². The van der Waals surface area contributed by atoms with Gasteiger partial charge in [0.25, 0.3) is 5.91 Å². The number of nitrogens with one attached hydrogen (secondary N) is 1. The van der Waals surface area contributed by atoms with Crippen LogP contribution in [0.2, 0.25) is 0 Å². The second-order valence-electron chi connectivity index (χ2n) is 6.24. The Hall–Kier alpha value is -2.30. The summed E-state index contributed by atoms with van der Waals surface area (Å²) in [6.07, 6.45) is 1.39. The second kappa shape index (κ2) is 4.62. The van der Waals surface area contributed by atoms with Gasteiger partial charge in [-0.3, -0.25) is 9.69 Å². The number of amides is 2. The lowest BCUT2D eigenvalue weighted by molar-refractivity contribution is -0.113. The van der Waals surface area contributed by atoms with Crippen LogP contribution >= 0.6 is 0 Å². The molecule has 0 fully saturated rings. The third-order valence-corrected chi connectivity index (χ3v) is 3.51. The number of hydrogen-bond donors (Lipinski definition) is 1. The largest absolute Gasteiger partial charge is 0.444 e. The number of fused-ring (bicyclic) bond motifs is 3. The van der Waals surface area contributed by atoms with Gasteiger partial charge in [-0.15, -0.1) is 0 Å². The molecule has 2 aliphatic rings. The molecular formula is C16H18N2O3. The van der Waals surface area contributed by atoms with Gasteiger partial charge in [-0.2, -0.15) is 0 Å². The predicted molar refractivity (Wildman–Crippen MR) is 78.8 cm³/mol. The normalized spacial score (nSPS) is 20.3. The Labute approximate surface area is 123 Å². The Balaban J connectivity index is 1.95. The molecule has 0 saturated heterocycles. The van der Waals surface area contributed by atoms with Gasteiger partial charge in [0, 0.05) is 23.4 Å². The summed E-state index contributed by atoms with van der Waals surface area (Å²) in [5.41, 5.74) is 1.72. The maximum Gasteiger partial charge on any atom is 0.411 e. The van der Waals surface area contributed by atoms with E-state index in [4.69, 9.17) is 4.74 Å². The van der Waals surface area contributed by atoms with Crippen molar-refractivity contribution in [3.05, 3.63) is 41.5 Å². The second-order valence-corrected chi connectivity index (χ2v) is 6.24. The van der Waals surface area contributed by atoms with Crippen molar-refractivity contribution < 1.29 is 14.3 Å². The van der Waals surface area contributed by atoms with E-state index in [0.29, 0.717) is 12.1 Å². The summed E-state index contributed by atoms with van der Waals surface area (Å²) in [7, 11) is 0. The number of para-hydroxylation sites is 1. The number of rotatable bonds is 0. The summed E-state index contributed by atoms with van der Waals surface area (Å²) in [5, 5.41) is 2.85. The van der Waals surface area contributed by atoms with Gasteiger partial charge in [0.15, 0.2) is 0 Å². The minimum Gasteiger partial charge on any atom is -0.444 e. The van der Waals surface area contributed by atoms with Crippen LogP contribution in [0.4, 0.5) is 10.5 Å². The fourth-order valence-electron chi connectivity index (χ4n) is 2.68. The molecule has 0 saturated carbocycles. The lowest BCUT2D eigenvalue weighted by Gasteiger charge is -2.33. The van der Waals surface area contributed by atoms with Crippen LogP contribution in [0, 0.1) is 0 Å². The number of anilines is 1. The van der Waals surface area contributed by atoms with Crippen molar-refractivity contribution in [3.8, 4) is 0 Å². The van der Waals surface area contributed by atoms with Crippen molar-refractivity contribution in [1.29, 1.82) is 0 Å².